The number of carbonyl (C=O) groups is 1. The molecule has 1 amide bonds. The molecule has 5 heteroatoms. The summed E-state index contributed by atoms with van der Waals surface area (Å²) in [5, 5.41) is 3.03. The predicted octanol–water partition coefficient (Wildman–Crippen LogP) is 3.67. The first-order chi connectivity index (χ1) is 10.1. The number of benzene rings is 1. The molecular weight excluding hydrogens is 304 g/mol. The summed E-state index contributed by atoms with van der Waals surface area (Å²) >= 11 is 7.18. The molecule has 1 atom stereocenters. The van der Waals surface area contributed by atoms with Crippen molar-refractivity contribution in [2.75, 3.05) is 25.0 Å². The molecule has 0 saturated carbocycles. The van der Waals surface area contributed by atoms with Gasteiger partial charge in [0, 0.05) is 31.7 Å². The van der Waals surface area contributed by atoms with E-state index >= 15 is 0 Å². The SMILES string of the molecule is Cc1cccc2c1C(CNC(=O)c1ccc(Cl)s1)CN2C. The van der Waals surface area contributed by atoms with Crippen molar-refractivity contribution >= 4 is 34.5 Å². The molecule has 1 aromatic heterocycles. The summed E-state index contributed by atoms with van der Waals surface area (Å²) in [6.07, 6.45) is 0. The lowest BCUT2D eigenvalue weighted by molar-refractivity contribution is 0.0955. The lowest BCUT2D eigenvalue weighted by Gasteiger charge is -2.13. The number of amides is 1. The lowest BCUT2D eigenvalue weighted by Crippen LogP contribution is -2.29. The summed E-state index contributed by atoms with van der Waals surface area (Å²) in [7, 11) is 2.10. The Morgan fingerprint density at radius 1 is 1.43 bits per heavy atom. The minimum atomic E-state index is -0.0448. The van der Waals surface area contributed by atoms with Crippen LogP contribution in [0.3, 0.4) is 0 Å². The molecular formula is C16H17ClN2OS. The third kappa shape index (κ3) is 2.78. The van der Waals surface area contributed by atoms with E-state index in [2.05, 4.69) is 42.4 Å². The van der Waals surface area contributed by atoms with Crippen molar-refractivity contribution in [2.24, 2.45) is 0 Å². The fourth-order valence-corrected chi connectivity index (χ4v) is 3.91. The highest BCUT2D eigenvalue weighted by atomic mass is 35.5. The molecule has 110 valence electrons. The van der Waals surface area contributed by atoms with Gasteiger partial charge in [-0.1, -0.05) is 23.7 Å². The number of anilines is 1. The van der Waals surface area contributed by atoms with Gasteiger partial charge in [0.1, 0.15) is 0 Å². The van der Waals surface area contributed by atoms with Gasteiger partial charge in [-0.05, 0) is 36.2 Å². The smallest absolute Gasteiger partial charge is 0.261 e. The van der Waals surface area contributed by atoms with Crippen LogP contribution >= 0.6 is 22.9 Å². The molecule has 1 aromatic carbocycles. The number of likely N-dealkylation sites (N-methyl/N-ethyl adjacent to an activating group) is 1. The predicted molar refractivity (Wildman–Crippen MR) is 88.9 cm³/mol. The highest BCUT2D eigenvalue weighted by Gasteiger charge is 2.28. The standard InChI is InChI=1S/C16H17ClN2OS/c1-10-4-3-5-12-15(10)11(9-19(12)2)8-18-16(20)13-6-7-14(17)21-13/h3-7,11H,8-9H2,1-2H3,(H,18,20). The molecule has 3 nitrogen and oxygen atoms in total. The van der Waals surface area contributed by atoms with E-state index < -0.39 is 0 Å². The molecule has 0 aliphatic carbocycles. The Morgan fingerprint density at radius 3 is 2.95 bits per heavy atom. The summed E-state index contributed by atoms with van der Waals surface area (Å²) in [6, 6.07) is 9.88. The van der Waals surface area contributed by atoms with Crippen LogP contribution in [0.4, 0.5) is 5.69 Å². The number of nitrogens with one attached hydrogen (secondary N) is 1. The van der Waals surface area contributed by atoms with Gasteiger partial charge in [0.2, 0.25) is 0 Å². The molecule has 3 rings (SSSR count). The van der Waals surface area contributed by atoms with Crippen LogP contribution in [0.2, 0.25) is 4.34 Å². The zero-order valence-corrected chi connectivity index (χ0v) is 13.6. The molecule has 1 N–H and O–H groups in total. The van der Waals surface area contributed by atoms with Gasteiger partial charge < -0.3 is 10.2 Å². The quantitative estimate of drug-likeness (QED) is 0.935. The van der Waals surface area contributed by atoms with E-state index in [4.69, 9.17) is 11.6 Å². The largest absolute Gasteiger partial charge is 0.374 e. The highest BCUT2D eigenvalue weighted by molar-refractivity contribution is 7.17. The van der Waals surface area contributed by atoms with E-state index in [0.29, 0.717) is 21.7 Å². The molecule has 0 fully saturated rings. The van der Waals surface area contributed by atoms with E-state index in [1.165, 1.54) is 28.2 Å². The summed E-state index contributed by atoms with van der Waals surface area (Å²) in [5.74, 6) is 0.294. The minimum absolute atomic E-state index is 0.0448. The Morgan fingerprint density at radius 2 is 2.24 bits per heavy atom. The average Bonchev–Trinajstić information content (AvgIpc) is 3.02. The number of fused-ring (bicyclic) bond motifs is 1. The first-order valence-corrected chi connectivity index (χ1v) is 8.10. The van der Waals surface area contributed by atoms with Crippen LogP contribution in [0.25, 0.3) is 0 Å². The normalized spacial score (nSPS) is 16.9. The van der Waals surface area contributed by atoms with Gasteiger partial charge in [-0.15, -0.1) is 11.3 Å². The van der Waals surface area contributed by atoms with E-state index in [0.717, 1.165) is 6.54 Å². The van der Waals surface area contributed by atoms with E-state index in [-0.39, 0.29) is 5.91 Å². The van der Waals surface area contributed by atoms with Crippen molar-refractivity contribution in [3.8, 4) is 0 Å². The summed E-state index contributed by atoms with van der Waals surface area (Å²) in [6.45, 7) is 3.72. The highest BCUT2D eigenvalue weighted by Crippen LogP contribution is 2.37. The Kier molecular flexibility index (Phi) is 3.91. The second kappa shape index (κ2) is 5.70. The zero-order valence-electron chi connectivity index (χ0n) is 12.0. The molecule has 0 spiro atoms. The van der Waals surface area contributed by atoms with Crippen LogP contribution < -0.4 is 10.2 Å². The van der Waals surface area contributed by atoms with Crippen LogP contribution in [-0.2, 0) is 0 Å². The van der Waals surface area contributed by atoms with E-state index in [1.807, 2.05) is 0 Å². The van der Waals surface area contributed by atoms with Crippen molar-refractivity contribution < 1.29 is 4.79 Å². The van der Waals surface area contributed by atoms with Crippen molar-refractivity contribution in [3.63, 3.8) is 0 Å². The third-order valence-electron chi connectivity index (χ3n) is 3.92. The maximum Gasteiger partial charge on any atom is 0.261 e. The van der Waals surface area contributed by atoms with E-state index in [1.54, 1.807) is 12.1 Å². The second-order valence-corrected chi connectivity index (χ2v) is 7.11. The van der Waals surface area contributed by atoms with Crippen molar-refractivity contribution in [1.82, 2.24) is 5.32 Å². The van der Waals surface area contributed by atoms with Crippen molar-refractivity contribution in [1.29, 1.82) is 0 Å². The maximum atomic E-state index is 12.1. The fraction of sp³-hybridized carbons (Fsp3) is 0.312. The van der Waals surface area contributed by atoms with Gasteiger partial charge in [-0.25, -0.2) is 0 Å². The molecule has 0 saturated heterocycles. The molecule has 1 unspecified atom stereocenters. The zero-order chi connectivity index (χ0) is 15.0. The maximum absolute atomic E-state index is 12.1. The van der Waals surface area contributed by atoms with Crippen LogP contribution in [0.5, 0.6) is 0 Å². The van der Waals surface area contributed by atoms with Crippen LogP contribution in [-0.4, -0.2) is 26.0 Å². The number of aryl methyl sites for hydroxylation is 1. The summed E-state index contributed by atoms with van der Waals surface area (Å²) in [4.78, 5) is 15.0. The van der Waals surface area contributed by atoms with Crippen LogP contribution in [0.1, 0.15) is 26.7 Å². The average molecular weight is 321 g/mol. The van der Waals surface area contributed by atoms with Crippen LogP contribution in [0, 0.1) is 6.92 Å². The summed E-state index contributed by atoms with van der Waals surface area (Å²) in [5.41, 5.74) is 3.91. The van der Waals surface area contributed by atoms with Gasteiger partial charge in [-0.2, -0.15) is 0 Å². The van der Waals surface area contributed by atoms with Gasteiger partial charge >= 0.3 is 0 Å². The van der Waals surface area contributed by atoms with Crippen molar-refractivity contribution in [3.05, 3.63) is 50.7 Å². The Hall–Kier alpha value is -1.52. The second-order valence-electron chi connectivity index (χ2n) is 5.40. The first kappa shape index (κ1) is 14.4. The van der Waals surface area contributed by atoms with Gasteiger partial charge in [0.05, 0.1) is 9.21 Å². The monoisotopic (exact) mass is 320 g/mol. The third-order valence-corrected chi connectivity index (χ3v) is 5.15. The minimum Gasteiger partial charge on any atom is -0.374 e. The number of nitrogens with zero attached hydrogens (tertiary/aromatic N) is 1. The number of hydrogen-bond donors (Lipinski definition) is 1. The topological polar surface area (TPSA) is 32.3 Å². The molecule has 0 radical (unpaired) electrons. The number of carbonyl (C=O) groups excluding carboxylic acids is 1. The van der Waals surface area contributed by atoms with Gasteiger partial charge in [0.15, 0.2) is 0 Å². The number of hydrogen-bond acceptors (Lipinski definition) is 3. The first-order valence-electron chi connectivity index (χ1n) is 6.90. The number of rotatable bonds is 3. The molecule has 1 aliphatic rings. The Labute approximate surface area is 133 Å². The van der Waals surface area contributed by atoms with Crippen molar-refractivity contribution in [2.45, 2.75) is 12.8 Å². The fourth-order valence-electron chi connectivity index (χ4n) is 2.96. The number of thiophene rings is 1. The van der Waals surface area contributed by atoms with Gasteiger partial charge in [0.25, 0.3) is 5.91 Å². The summed E-state index contributed by atoms with van der Waals surface area (Å²) < 4.78 is 0.641. The Bertz CT molecular complexity index is 683. The lowest BCUT2D eigenvalue weighted by atomic mass is 9.96. The molecule has 2 aromatic rings. The molecule has 21 heavy (non-hydrogen) atoms. The van der Waals surface area contributed by atoms with Crippen LogP contribution in [0.15, 0.2) is 30.3 Å². The van der Waals surface area contributed by atoms with E-state index in [9.17, 15) is 4.79 Å². The molecule has 0 bridgehead atoms. The van der Waals surface area contributed by atoms with Gasteiger partial charge in [-0.3, -0.25) is 4.79 Å². The Balaban J connectivity index is 1.72. The molecule has 1 aliphatic heterocycles. The number of halogens is 1. The molecule has 2 heterocycles.